The van der Waals surface area contributed by atoms with Gasteiger partial charge in [0.05, 0.1) is 23.3 Å². The number of nitrogens with one attached hydrogen (secondary N) is 1. The number of amides is 1. The molecule has 1 aromatic rings. The van der Waals surface area contributed by atoms with Crippen LogP contribution in [0.15, 0.2) is 24.3 Å². The van der Waals surface area contributed by atoms with Crippen molar-refractivity contribution in [3.8, 4) is 6.07 Å². The van der Waals surface area contributed by atoms with Crippen LogP contribution in [0.1, 0.15) is 19.4 Å². The summed E-state index contributed by atoms with van der Waals surface area (Å²) in [6.45, 7) is 4.97. The molecule has 1 amide bonds. The van der Waals surface area contributed by atoms with Crippen molar-refractivity contribution >= 4 is 11.6 Å². The molecule has 0 unspecified atom stereocenters. The average Bonchev–Trinajstić information content (AvgIpc) is 2.26. The Morgan fingerprint density at radius 2 is 2.12 bits per heavy atom. The lowest BCUT2D eigenvalue weighted by atomic mass is 10.0. The lowest BCUT2D eigenvalue weighted by molar-refractivity contribution is -0.122. The first kappa shape index (κ1) is 11.5. The predicted octanol–water partition coefficient (Wildman–Crippen LogP) is 1.27. The van der Waals surface area contributed by atoms with Crippen LogP contribution in [0.25, 0.3) is 0 Å². The van der Waals surface area contributed by atoms with Crippen LogP contribution in [0.4, 0.5) is 5.69 Å². The summed E-state index contributed by atoms with van der Waals surface area (Å²) in [6, 6.07) is 9.53. The van der Waals surface area contributed by atoms with Gasteiger partial charge in [0.15, 0.2) is 0 Å². The number of nitrogens with zero attached hydrogens (tertiary/aromatic N) is 2. The molecule has 1 aliphatic rings. The summed E-state index contributed by atoms with van der Waals surface area (Å²) in [7, 11) is 0. The summed E-state index contributed by atoms with van der Waals surface area (Å²) in [6.07, 6.45) is 0. The summed E-state index contributed by atoms with van der Waals surface area (Å²) in [4.78, 5) is 13.6. The van der Waals surface area contributed by atoms with Crippen LogP contribution in [0, 0.1) is 11.3 Å². The summed E-state index contributed by atoms with van der Waals surface area (Å²) < 4.78 is 0. The Balaban J connectivity index is 2.34. The third-order valence-electron chi connectivity index (χ3n) is 2.76. The van der Waals surface area contributed by atoms with Crippen molar-refractivity contribution in [1.82, 2.24) is 5.32 Å². The standard InChI is InChI=1S/C13H15N3O/c1-13(2)9-16(8-12(17)15-13)11-6-4-3-5-10(11)7-14/h3-6H,8-9H2,1-2H3,(H,15,17). The fourth-order valence-electron chi connectivity index (χ4n) is 2.18. The third kappa shape index (κ3) is 2.39. The molecular formula is C13H15N3O. The number of nitriles is 1. The fourth-order valence-corrected chi connectivity index (χ4v) is 2.18. The number of benzene rings is 1. The molecule has 2 rings (SSSR count). The summed E-state index contributed by atoms with van der Waals surface area (Å²) in [5.41, 5.74) is 1.17. The number of para-hydroxylation sites is 1. The molecule has 1 aromatic carbocycles. The number of piperazine rings is 1. The second-order valence-electron chi connectivity index (χ2n) is 4.92. The lowest BCUT2D eigenvalue weighted by Crippen LogP contribution is -2.60. The molecule has 0 atom stereocenters. The molecule has 1 aliphatic heterocycles. The van der Waals surface area contributed by atoms with Gasteiger partial charge in [-0.3, -0.25) is 4.79 Å². The first-order chi connectivity index (χ1) is 8.02. The van der Waals surface area contributed by atoms with E-state index in [0.717, 1.165) is 5.69 Å². The monoisotopic (exact) mass is 229 g/mol. The maximum Gasteiger partial charge on any atom is 0.239 e. The van der Waals surface area contributed by atoms with Crippen molar-refractivity contribution in [2.45, 2.75) is 19.4 Å². The first-order valence-corrected chi connectivity index (χ1v) is 5.57. The minimum atomic E-state index is -0.266. The molecule has 0 aliphatic carbocycles. The highest BCUT2D eigenvalue weighted by molar-refractivity contribution is 5.84. The largest absolute Gasteiger partial charge is 0.359 e. The minimum Gasteiger partial charge on any atom is -0.359 e. The van der Waals surface area contributed by atoms with Gasteiger partial charge in [0.1, 0.15) is 6.07 Å². The van der Waals surface area contributed by atoms with Gasteiger partial charge in [-0.15, -0.1) is 0 Å². The molecule has 4 nitrogen and oxygen atoms in total. The van der Waals surface area contributed by atoms with Crippen molar-refractivity contribution in [2.24, 2.45) is 0 Å². The van der Waals surface area contributed by atoms with Gasteiger partial charge >= 0.3 is 0 Å². The van der Waals surface area contributed by atoms with E-state index in [1.165, 1.54) is 0 Å². The molecule has 0 aromatic heterocycles. The average molecular weight is 229 g/mol. The molecule has 0 spiro atoms. The second kappa shape index (κ2) is 4.10. The normalized spacial score (nSPS) is 18.4. The van der Waals surface area contributed by atoms with Gasteiger partial charge in [0.25, 0.3) is 0 Å². The number of anilines is 1. The second-order valence-corrected chi connectivity index (χ2v) is 4.92. The van der Waals surface area contributed by atoms with Crippen molar-refractivity contribution in [3.63, 3.8) is 0 Å². The Hall–Kier alpha value is -2.02. The Morgan fingerprint density at radius 1 is 1.41 bits per heavy atom. The minimum absolute atomic E-state index is 0.00556. The van der Waals surface area contributed by atoms with Crippen LogP contribution in [-0.4, -0.2) is 24.5 Å². The molecule has 1 N–H and O–H groups in total. The van der Waals surface area contributed by atoms with Crippen LogP contribution in [0.5, 0.6) is 0 Å². The number of hydrogen-bond acceptors (Lipinski definition) is 3. The van der Waals surface area contributed by atoms with Crippen molar-refractivity contribution in [3.05, 3.63) is 29.8 Å². The van der Waals surface area contributed by atoms with Crippen LogP contribution in [0.2, 0.25) is 0 Å². The zero-order chi connectivity index (χ0) is 12.5. The number of rotatable bonds is 1. The molecule has 4 heteroatoms. The summed E-state index contributed by atoms with van der Waals surface area (Å²) >= 11 is 0. The summed E-state index contributed by atoms with van der Waals surface area (Å²) in [5, 5.41) is 12.0. The maximum atomic E-state index is 11.6. The quantitative estimate of drug-likeness (QED) is 0.789. The third-order valence-corrected chi connectivity index (χ3v) is 2.76. The van der Waals surface area contributed by atoms with Crippen LogP contribution >= 0.6 is 0 Å². The molecule has 1 fully saturated rings. The highest BCUT2D eigenvalue weighted by Gasteiger charge is 2.31. The number of carbonyl (C=O) groups excluding carboxylic acids is 1. The van der Waals surface area contributed by atoms with Crippen LogP contribution in [-0.2, 0) is 4.79 Å². The zero-order valence-corrected chi connectivity index (χ0v) is 10.0. The topological polar surface area (TPSA) is 56.1 Å². The molecule has 88 valence electrons. The molecule has 0 bridgehead atoms. The van der Waals surface area contributed by atoms with Gasteiger partial charge in [-0.1, -0.05) is 12.1 Å². The predicted molar refractivity (Wildman–Crippen MR) is 65.6 cm³/mol. The SMILES string of the molecule is CC1(C)CN(c2ccccc2C#N)CC(=O)N1. The van der Waals surface area contributed by atoms with Gasteiger partial charge < -0.3 is 10.2 Å². The van der Waals surface area contributed by atoms with E-state index in [1.807, 2.05) is 36.9 Å². The maximum absolute atomic E-state index is 11.6. The van der Waals surface area contributed by atoms with Crippen LogP contribution in [0.3, 0.4) is 0 Å². The van der Waals surface area contributed by atoms with E-state index >= 15 is 0 Å². The van der Waals surface area contributed by atoms with E-state index < -0.39 is 0 Å². The molecular weight excluding hydrogens is 214 g/mol. The van der Waals surface area contributed by atoms with Crippen molar-refractivity contribution in [2.75, 3.05) is 18.0 Å². The summed E-state index contributed by atoms with van der Waals surface area (Å²) in [5.74, 6) is -0.00556. The Bertz CT molecular complexity index is 488. The Kier molecular flexibility index (Phi) is 2.76. The van der Waals surface area contributed by atoms with E-state index in [0.29, 0.717) is 18.7 Å². The van der Waals surface area contributed by atoms with Gasteiger partial charge in [-0.05, 0) is 26.0 Å². The molecule has 1 saturated heterocycles. The Morgan fingerprint density at radius 3 is 2.76 bits per heavy atom. The van der Waals surface area contributed by atoms with Crippen molar-refractivity contribution in [1.29, 1.82) is 5.26 Å². The molecule has 1 heterocycles. The van der Waals surface area contributed by atoms with Crippen molar-refractivity contribution < 1.29 is 4.79 Å². The van der Waals surface area contributed by atoms with Gasteiger partial charge in [0, 0.05) is 6.54 Å². The first-order valence-electron chi connectivity index (χ1n) is 5.57. The smallest absolute Gasteiger partial charge is 0.239 e. The lowest BCUT2D eigenvalue weighted by Gasteiger charge is -2.39. The van der Waals surface area contributed by atoms with E-state index in [4.69, 9.17) is 5.26 Å². The number of carbonyl (C=O) groups is 1. The van der Waals surface area contributed by atoms with E-state index in [-0.39, 0.29) is 11.4 Å². The van der Waals surface area contributed by atoms with E-state index in [9.17, 15) is 4.79 Å². The molecule has 0 saturated carbocycles. The van der Waals surface area contributed by atoms with E-state index in [2.05, 4.69) is 11.4 Å². The van der Waals surface area contributed by atoms with Gasteiger partial charge in [-0.25, -0.2) is 0 Å². The van der Waals surface area contributed by atoms with Crippen LogP contribution < -0.4 is 10.2 Å². The van der Waals surface area contributed by atoms with Gasteiger partial charge in [-0.2, -0.15) is 5.26 Å². The Labute approximate surface area is 101 Å². The van der Waals surface area contributed by atoms with E-state index in [1.54, 1.807) is 6.07 Å². The van der Waals surface area contributed by atoms with Gasteiger partial charge in [0.2, 0.25) is 5.91 Å². The highest BCUT2D eigenvalue weighted by Crippen LogP contribution is 2.23. The highest BCUT2D eigenvalue weighted by atomic mass is 16.2. The zero-order valence-electron chi connectivity index (χ0n) is 10.0. The fraction of sp³-hybridized carbons (Fsp3) is 0.385. The number of hydrogen-bond donors (Lipinski definition) is 1. The molecule has 0 radical (unpaired) electrons. The molecule has 17 heavy (non-hydrogen) atoms.